The highest BCUT2D eigenvalue weighted by molar-refractivity contribution is 5.94. The van der Waals surface area contributed by atoms with Crippen LogP contribution in [0.4, 0.5) is 11.4 Å². The number of nitrogens with two attached hydrogens (primary N) is 1. The number of hydrogen-bond acceptors (Lipinski definition) is 7. The molecule has 4 atom stereocenters. The van der Waals surface area contributed by atoms with E-state index >= 15 is 0 Å². The molecule has 5 N–H and O–H groups in total. The molecular weight excluding hydrogens is 725 g/mol. The summed E-state index contributed by atoms with van der Waals surface area (Å²) in [4.78, 5) is 27.3. The predicted molar refractivity (Wildman–Crippen MR) is 230 cm³/mol. The number of nitrogens with zero attached hydrogens (tertiary/aromatic N) is 1. The van der Waals surface area contributed by atoms with Gasteiger partial charge in [-0.1, -0.05) is 115 Å². The number of aliphatic hydroxyl groups is 1. The molecule has 0 aromatic heterocycles. The summed E-state index contributed by atoms with van der Waals surface area (Å²) in [7, 11) is 2.15. The van der Waals surface area contributed by atoms with Crippen LogP contribution in [0.3, 0.4) is 0 Å². The molecule has 6 aromatic rings. The van der Waals surface area contributed by atoms with Gasteiger partial charge in [0.25, 0.3) is 0 Å². The number of carbonyl (C=O) groups is 2. The molecule has 0 radical (unpaired) electrons. The van der Waals surface area contributed by atoms with Gasteiger partial charge in [-0.3, -0.25) is 14.5 Å². The van der Waals surface area contributed by atoms with Crippen molar-refractivity contribution in [1.29, 1.82) is 0 Å². The SMILES string of the molecule is C[C@H](c1ccc2ccccc2c1)N(C)C[C@@H]1C[C@H](c2ccc(CO)cc2)O[C@H](c2ccc(-c3cccc(CNC(=O)CCCC(=O)Nc4ccccc4N)c3)cc2)O1. The van der Waals surface area contributed by atoms with E-state index in [2.05, 4.69) is 108 Å². The van der Waals surface area contributed by atoms with Gasteiger partial charge in [-0.15, -0.1) is 0 Å². The normalized spacial score (nSPS) is 17.2. The van der Waals surface area contributed by atoms with Crippen molar-refractivity contribution in [2.75, 3.05) is 24.6 Å². The Hall–Kier alpha value is -5.84. The molecule has 0 bridgehead atoms. The van der Waals surface area contributed by atoms with Crippen LogP contribution in [-0.2, 0) is 32.2 Å². The Balaban J connectivity index is 0.973. The second-order valence-electron chi connectivity index (χ2n) is 15.2. The van der Waals surface area contributed by atoms with Crippen molar-refractivity contribution in [3.8, 4) is 11.1 Å². The van der Waals surface area contributed by atoms with Gasteiger partial charge >= 0.3 is 0 Å². The van der Waals surface area contributed by atoms with Crippen LogP contribution in [0.15, 0.2) is 140 Å². The molecule has 58 heavy (non-hydrogen) atoms. The number of nitrogen functional groups attached to an aromatic ring is 1. The molecule has 6 aromatic carbocycles. The number of rotatable bonds is 15. The van der Waals surface area contributed by atoms with Crippen molar-refractivity contribution in [3.05, 3.63) is 167 Å². The predicted octanol–water partition coefficient (Wildman–Crippen LogP) is 9.24. The van der Waals surface area contributed by atoms with E-state index in [1.165, 1.54) is 16.3 Å². The van der Waals surface area contributed by atoms with Gasteiger partial charge in [0.2, 0.25) is 11.8 Å². The number of anilines is 2. The molecule has 7 rings (SSSR count). The van der Waals surface area contributed by atoms with Gasteiger partial charge in [-0.25, -0.2) is 0 Å². The number of likely N-dealkylation sites (N-methyl/N-ethyl adjacent to an activating group) is 1. The number of fused-ring (bicyclic) bond motifs is 1. The molecular formula is C49H52N4O5. The zero-order valence-electron chi connectivity index (χ0n) is 33.1. The summed E-state index contributed by atoms with van der Waals surface area (Å²) < 4.78 is 13.4. The average Bonchev–Trinajstić information content (AvgIpc) is 3.26. The Morgan fingerprint density at radius 1 is 0.759 bits per heavy atom. The minimum Gasteiger partial charge on any atom is -0.397 e. The molecule has 1 heterocycles. The lowest BCUT2D eigenvalue weighted by molar-refractivity contribution is -0.253. The maximum atomic E-state index is 12.6. The average molecular weight is 777 g/mol. The van der Waals surface area contributed by atoms with E-state index in [1.54, 1.807) is 12.1 Å². The first-order valence-corrected chi connectivity index (χ1v) is 20.0. The van der Waals surface area contributed by atoms with Crippen molar-refractivity contribution in [2.24, 2.45) is 0 Å². The summed E-state index contributed by atoms with van der Waals surface area (Å²) >= 11 is 0. The molecule has 2 amide bonds. The lowest BCUT2D eigenvalue weighted by atomic mass is 9.98. The summed E-state index contributed by atoms with van der Waals surface area (Å²) in [5.41, 5.74) is 14.1. The van der Waals surface area contributed by atoms with E-state index in [0.29, 0.717) is 30.8 Å². The van der Waals surface area contributed by atoms with Crippen molar-refractivity contribution in [2.45, 2.75) is 70.3 Å². The third kappa shape index (κ3) is 10.4. The van der Waals surface area contributed by atoms with E-state index < -0.39 is 6.29 Å². The highest BCUT2D eigenvalue weighted by Crippen LogP contribution is 2.39. The van der Waals surface area contributed by atoms with Crippen LogP contribution in [0.5, 0.6) is 0 Å². The molecule has 1 fully saturated rings. The van der Waals surface area contributed by atoms with E-state index in [1.807, 2.05) is 48.5 Å². The summed E-state index contributed by atoms with van der Waals surface area (Å²) in [6, 6.07) is 46.8. The van der Waals surface area contributed by atoms with E-state index in [-0.39, 0.29) is 49.5 Å². The first kappa shape index (κ1) is 40.4. The number of ether oxygens (including phenoxy) is 2. The van der Waals surface area contributed by atoms with Gasteiger partial charge in [-0.05, 0) is 88.8 Å². The van der Waals surface area contributed by atoms with Crippen molar-refractivity contribution < 1.29 is 24.2 Å². The third-order valence-corrected chi connectivity index (χ3v) is 11.0. The molecule has 1 saturated heterocycles. The van der Waals surface area contributed by atoms with Crippen LogP contribution >= 0.6 is 0 Å². The quantitative estimate of drug-likeness (QED) is 0.0767. The Bertz CT molecular complexity index is 2310. The number of para-hydroxylation sites is 2. The molecule has 1 aliphatic heterocycles. The smallest absolute Gasteiger partial charge is 0.224 e. The minimum absolute atomic E-state index is 0.00446. The second-order valence-corrected chi connectivity index (χ2v) is 15.2. The maximum Gasteiger partial charge on any atom is 0.224 e. The van der Waals surface area contributed by atoms with Crippen LogP contribution < -0.4 is 16.4 Å². The number of carbonyl (C=O) groups excluding carboxylic acids is 2. The van der Waals surface area contributed by atoms with Crippen molar-refractivity contribution in [3.63, 3.8) is 0 Å². The monoisotopic (exact) mass is 776 g/mol. The summed E-state index contributed by atoms with van der Waals surface area (Å²) in [6.07, 6.45) is 0.771. The Kier molecular flexibility index (Phi) is 13.3. The van der Waals surface area contributed by atoms with E-state index in [0.717, 1.165) is 39.9 Å². The van der Waals surface area contributed by atoms with Crippen molar-refractivity contribution >= 4 is 34.0 Å². The fraction of sp³-hybridized carbons (Fsp3) is 0.265. The zero-order valence-corrected chi connectivity index (χ0v) is 33.1. The first-order chi connectivity index (χ1) is 28.2. The molecule has 298 valence electrons. The van der Waals surface area contributed by atoms with Gasteiger partial charge in [0.15, 0.2) is 6.29 Å². The Labute approximate surface area is 340 Å². The number of hydrogen-bond donors (Lipinski definition) is 4. The number of benzene rings is 6. The fourth-order valence-electron chi connectivity index (χ4n) is 7.45. The van der Waals surface area contributed by atoms with Crippen LogP contribution in [0.25, 0.3) is 21.9 Å². The molecule has 9 heteroatoms. The van der Waals surface area contributed by atoms with Crippen LogP contribution in [0.2, 0.25) is 0 Å². The van der Waals surface area contributed by atoms with Crippen LogP contribution in [0.1, 0.15) is 78.9 Å². The van der Waals surface area contributed by atoms with E-state index in [4.69, 9.17) is 15.2 Å². The summed E-state index contributed by atoms with van der Waals surface area (Å²) in [6.45, 7) is 3.34. The Morgan fingerprint density at radius 3 is 2.26 bits per heavy atom. The van der Waals surface area contributed by atoms with Crippen LogP contribution in [0, 0.1) is 0 Å². The molecule has 1 aliphatic rings. The van der Waals surface area contributed by atoms with E-state index in [9.17, 15) is 14.7 Å². The maximum absolute atomic E-state index is 12.6. The summed E-state index contributed by atoms with van der Waals surface area (Å²) in [5, 5.41) is 17.9. The molecule has 0 unspecified atom stereocenters. The second kappa shape index (κ2) is 19.1. The molecule has 0 spiro atoms. The topological polar surface area (TPSA) is 126 Å². The standard InChI is InChI=1S/C49H52N4O5/c1-33(40-26-23-36-10-3-4-11-42(36)28-40)53(2)31-43-29-46(38-19-17-34(32-54)18-20-38)58-49(57-43)39-24-21-37(22-25-39)41-12-7-9-35(27-41)30-51-47(55)15-8-16-48(56)52-45-14-6-5-13-44(45)50/h3-7,9-14,17-28,33,43,46,49,54H,8,15-16,29-32,50H2,1-2H3,(H,51,55)(H,52,56)/t33-,43+,46-,49-/m1/s1. The van der Waals surface area contributed by atoms with Crippen LogP contribution in [-0.4, -0.2) is 41.5 Å². The number of nitrogens with one attached hydrogen (secondary N) is 2. The molecule has 0 aliphatic carbocycles. The van der Waals surface area contributed by atoms with Gasteiger partial charge in [0, 0.05) is 44.0 Å². The zero-order chi connectivity index (χ0) is 40.4. The minimum atomic E-state index is -0.566. The number of amides is 2. The summed E-state index contributed by atoms with van der Waals surface area (Å²) in [5.74, 6) is -0.279. The van der Waals surface area contributed by atoms with Gasteiger partial charge in [0.1, 0.15) is 0 Å². The lowest BCUT2D eigenvalue weighted by Crippen LogP contribution is -2.38. The third-order valence-electron chi connectivity index (χ3n) is 11.0. The molecule has 9 nitrogen and oxygen atoms in total. The fourth-order valence-corrected chi connectivity index (χ4v) is 7.45. The van der Waals surface area contributed by atoms with Gasteiger partial charge in [0.05, 0.1) is 30.2 Å². The number of aliphatic hydroxyl groups excluding tert-OH is 1. The Morgan fingerprint density at radius 2 is 1.48 bits per heavy atom. The highest BCUT2D eigenvalue weighted by Gasteiger charge is 2.33. The lowest BCUT2D eigenvalue weighted by Gasteiger charge is -2.39. The first-order valence-electron chi connectivity index (χ1n) is 20.0. The largest absolute Gasteiger partial charge is 0.397 e. The van der Waals surface area contributed by atoms with Gasteiger partial charge < -0.3 is 30.9 Å². The molecule has 0 saturated carbocycles. The highest BCUT2D eigenvalue weighted by atomic mass is 16.7. The van der Waals surface area contributed by atoms with Gasteiger partial charge in [-0.2, -0.15) is 0 Å². The van der Waals surface area contributed by atoms with Crippen molar-refractivity contribution in [1.82, 2.24) is 10.2 Å².